The van der Waals surface area contributed by atoms with Gasteiger partial charge in [0.15, 0.2) is 11.5 Å². The highest BCUT2D eigenvalue weighted by atomic mass is 16.6. The molecule has 0 N–H and O–H groups in total. The summed E-state index contributed by atoms with van der Waals surface area (Å²) in [6, 6.07) is 10.0. The van der Waals surface area contributed by atoms with Crippen molar-refractivity contribution >= 4 is 17.9 Å². The van der Waals surface area contributed by atoms with Crippen LogP contribution in [0.25, 0.3) is 11.1 Å². The number of aryl methyl sites for hydroxylation is 1. The van der Waals surface area contributed by atoms with Crippen molar-refractivity contribution in [2.75, 3.05) is 13.7 Å². The maximum Gasteiger partial charge on any atom is 0.341 e. The Kier molecular flexibility index (Phi) is 8.89. The average molecular weight is 450 g/mol. The van der Waals surface area contributed by atoms with Crippen LogP contribution in [-0.2, 0) is 25.5 Å². The molecule has 0 aliphatic heterocycles. The fraction of sp³-hybridized carbons (Fsp3) is 0.192. The summed E-state index contributed by atoms with van der Waals surface area (Å²) in [4.78, 5) is 35.9. The Balaban J connectivity index is 2.43. The molecular formula is C26H26O7. The van der Waals surface area contributed by atoms with Crippen LogP contribution in [0.15, 0.2) is 73.4 Å². The van der Waals surface area contributed by atoms with Crippen molar-refractivity contribution in [3.8, 4) is 28.4 Å². The van der Waals surface area contributed by atoms with Crippen molar-refractivity contribution in [3.63, 3.8) is 0 Å². The largest absolute Gasteiger partial charge is 0.423 e. The SMILES string of the molecule is C=CC(=O)Oc1ccc(-c2ccc(OC(=O)C(=C)COC)cc2CC)cc1OC(=O)C(=C)C. The van der Waals surface area contributed by atoms with Crippen LogP contribution in [0.4, 0.5) is 0 Å². The van der Waals surface area contributed by atoms with Crippen molar-refractivity contribution < 1.29 is 33.3 Å². The number of benzene rings is 2. The lowest BCUT2D eigenvalue weighted by atomic mass is 9.97. The Hall–Kier alpha value is -3.97. The van der Waals surface area contributed by atoms with E-state index in [1.54, 1.807) is 30.3 Å². The number of ether oxygens (including phenoxy) is 4. The van der Waals surface area contributed by atoms with Crippen LogP contribution in [0.1, 0.15) is 19.4 Å². The van der Waals surface area contributed by atoms with E-state index in [4.69, 9.17) is 18.9 Å². The van der Waals surface area contributed by atoms with Gasteiger partial charge in [-0.05, 0) is 54.3 Å². The number of methoxy groups -OCH3 is 1. The van der Waals surface area contributed by atoms with E-state index in [-0.39, 0.29) is 29.3 Å². The highest BCUT2D eigenvalue weighted by molar-refractivity contribution is 5.91. The van der Waals surface area contributed by atoms with E-state index in [2.05, 4.69) is 19.7 Å². The molecule has 0 saturated heterocycles. The van der Waals surface area contributed by atoms with Gasteiger partial charge in [0.25, 0.3) is 0 Å². The molecular weight excluding hydrogens is 424 g/mol. The zero-order valence-electron chi connectivity index (χ0n) is 18.9. The fourth-order valence-electron chi connectivity index (χ4n) is 2.80. The van der Waals surface area contributed by atoms with Gasteiger partial charge in [-0.15, -0.1) is 0 Å². The van der Waals surface area contributed by atoms with Gasteiger partial charge in [0, 0.05) is 18.8 Å². The van der Waals surface area contributed by atoms with Crippen molar-refractivity contribution in [2.45, 2.75) is 20.3 Å². The first kappa shape index (κ1) is 25.3. The molecule has 0 heterocycles. The van der Waals surface area contributed by atoms with Crippen LogP contribution in [0, 0.1) is 0 Å². The van der Waals surface area contributed by atoms with Crippen molar-refractivity contribution in [2.24, 2.45) is 0 Å². The Labute approximate surface area is 192 Å². The zero-order chi connectivity index (χ0) is 24.5. The minimum Gasteiger partial charge on any atom is -0.423 e. The molecule has 7 nitrogen and oxygen atoms in total. The van der Waals surface area contributed by atoms with E-state index in [1.165, 1.54) is 20.1 Å². The van der Waals surface area contributed by atoms with E-state index < -0.39 is 17.9 Å². The average Bonchev–Trinajstić information content (AvgIpc) is 2.79. The number of esters is 3. The van der Waals surface area contributed by atoms with Crippen LogP contribution < -0.4 is 14.2 Å². The second-order valence-corrected chi connectivity index (χ2v) is 7.06. The summed E-state index contributed by atoms with van der Waals surface area (Å²) < 4.78 is 20.8. The third-order valence-corrected chi connectivity index (χ3v) is 4.46. The summed E-state index contributed by atoms with van der Waals surface area (Å²) in [5.74, 6) is -1.43. The lowest BCUT2D eigenvalue weighted by molar-refractivity contribution is -0.132. The van der Waals surface area contributed by atoms with Crippen LogP contribution in [-0.4, -0.2) is 31.6 Å². The van der Waals surface area contributed by atoms with Gasteiger partial charge in [-0.2, -0.15) is 0 Å². The quantitative estimate of drug-likeness (QED) is 0.297. The van der Waals surface area contributed by atoms with Crippen LogP contribution in [0.3, 0.4) is 0 Å². The highest BCUT2D eigenvalue weighted by Gasteiger charge is 2.17. The first-order valence-electron chi connectivity index (χ1n) is 10.1. The summed E-state index contributed by atoms with van der Waals surface area (Å²) in [5.41, 5.74) is 2.80. The third-order valence-electron chi connectivity index (χ3n) is 4.46. The van der Waals surface area contributed by atoms with Gasteiger partial charge < -0.3 is 18.9 Å². The molecule has 0 amide bonds. The van der Waals surface area contributed by atoms with Gasteiger partial charge in [0.1, 0.15) is 5.75 Å². The van der Waals surface area contributed by atoms with Crippen LogP contribution in [0.2, 0.25) is 0 Å². The molecule has 0 saturated carbocycles. The second kappa shape index (κ2) is 11.6. The standard InChI is InChI=1S/C26H26O7/c1-7-18-13-20(31-26(29)17(5)15-30-6)10-11-21(18)19-9-12-22(32-24(27)8-2)23(14-19)33-25(28)16(3)4/h8-14H,2-3,5,7,15H2,1,4,6H3. The highest BCUT2D eigenvalue weighted by Crippen LogP contribution is 2.36. The van der Waals surface area contributed by atoms with Crippen LogP contribution >= 0.6 is 0 Å². The van der Waals surface area contributed by atoms with Gasteiger partial charge in [-0.3, -0.25) is 0 Å². The summed E-state index contributed by atoms with van der Waals surface area (Å²) in [5, 5.41) is 0. The molecule has 172 valence electrons. The molecule has 2 rings (SSSR count). The third kappa shape index (κ3) is 6.75. The minimum absolute atomic E-state index is 0.0594. The number of carbonyl (C=O) groups excluding carboxylic acids is 3. The van der Waals surface area contributed by atoms with E-state index >= 15 is 0 Å². The first-order valence-corrected chi connectivity index (χ1v) is 10.1. The maximum atomic E-state index is 12.1. The predicted octanol–water partition coefficient (Wildman–Crippen LogP) is 4.60. The smallest absolute Gasteiger partial charge is 0.341 e. The number of hydrogen-bond acceptors (Lipinski definition) is 7. The summed E-state index contributed by atoms with van der Waals surface area (Å²) in [7, 11) is 1.47. The molecule has 2 aromatic carbocycles. The summed E-state index contributed by atoms with van der Waals surface area (Å²) >= 11 is 0. The molecule has 0 radical (unpaired) electrons. The second-order valence-electron chi connectivity index (χ2n) is 7.06. The van der Waals surface area contributed by atoms with Gasteiger partial charge in [-0.1, -0.05) is 38.8 Å². The van der Waals surface area contributed by atoms with E-state index in [1.807, 2.05) is 6.92 Å². The van der Waals surface area contributed by atoms with E-state index in [0.29, 0.717) is 17.7 Å². The molecule has 0 aliphatic carbocycles. The Morgan fingerprint density at radius 1 is 0.939 bits per heavy atom. The van der Waals surface area contributed by atoms with E-state index in [9.17, 15) is 14.4 Å². The topological polar surface area (TPSA) is 88.1 Å². The Bertz CT molecular complexity index is 1110. The lowest BCUT2D eigenvalue weighted by Crippen LogP contribution is -2.14. The molecule has 0 atom stereocenters. The number of carbonyl (C=O) groups is 3. The molecule has 0 fully saturated rings. The van der Waals surface area contributed by atoms with Gasteiger partial charge in [-0.25, -0.2) is 14.4 Å². The van der Waals surface area contributed by atoms with Gasteiger partial charge in [0.05, 0.1) is 12.2 Å². The number of rotatable bonds is 10. The molecule has 2 aromatic rings. The van der Waals surface area contributed by atoms with Crippen LogP contribution in [0.5, 0.6) is 17.2 Å². The normalized spacial score (nSPS) is 10.2. The lowest BCUT2D eigenvalue weighted by Gasteiger charge is -2.15. The first-order chi connectivity index (χ1) is 15.7. The monoisotopic (exact) mass is 450 g/mol. The Morgan fingerprint density at radius 3 is 2.27 bits per heavy atom. The Morgan fingerprint density at radius 2 is 1.67 bits per heavy atom. The van der Waals surface area contributed by atoms with Crippen molar-refractivity contribution in [1.29, 1.82) is 0 Å². The van der Waals surface area contributed by atoms with Crippen molar-refractivity contribution in [1.82, 2.24) is 0 Å². The van der Waals surface area contributed by atoms with E-state index in [0.717, 1.165) is 17.2 Å². The molecule has 0 spiro atoms. The predicted molar refractivity (Wildman–Crippen MR) is 124 cm³/mol. The molecule has 0 aliphatic rings. The van der Waals surface area contributed by atoms with Gasteiger partial charge >= 0.3 is 17.9 Å². The summed E-state index contributed by atoms with van der Waals surface area (Å²) in [6.45, 7) is 14.1. The fourth-order valence-corrected chi connectivity index (χ4v) is 2.80. The van der Waals surface area contributed by atoms with Gasteiger partial charge in [0.2, 0.25) is 0 Å². The molecule has 33 heavy (non-hydrogen) atoms. The molecule has 0 unspecified atom stereocenters. The molecule has 7 heteroatoms. The zero-order valence-corrected chi connectivity index (χ0v) is 18.9. The maximum absolute atomic E-state index is 12.1. The molecule has 0 aromatic heterocycles. The van der Waals surface area contributed by atoms with Crippen molar-refractivity contribution in [3.05, 3.63) is 78.9 Å². The minimum atomic E-state index is -0.689. The summed E-state index contributed by atoms with van der Waals surface area (Å²) in [6.07, 6.45) is 1.64. The molecule has 0 bridgehead atoms. The number of hydrogen-bond donors (Lipinski definition) is 0.